The molecule has 0 fully saturated rings. The number of fused-ring (bicyclic) bond motifs is 3. The van der Waals surface area contributed by atoms with Crippen LogP contribution in [0, 0.1) is 5.41 Å². The van der Waals surface area contributed by atoms with Gasteiger partial charge in [0.25, 0.3) is 0 Å². The second-order valence-corrected chi connectivity index (χ2v) is 9.90. The first-order valence-electron chi connectivity index (χ1n) is 10.5. The summed E-state index contributed by atoms with van der Waals surface area (Å²) in [5.74, 6) is -1.34. The van der Waals surface area contributed by atoms with Crippen LogP contribution in [-0.2, 0) is 19.1 Å². The van der Waals surface area contributed by atoms with Crippen LogP contribution in [0.5, 0.6) is 5.75 Å². The number of carbonyl (C=O) groups excluding carboxylic acids is 2. The Morgan fingerprint density at radius 1 is 0.938 bits per heavy atom. The Morgan fingerprint density at radius 2 is 1.50 bits per heavy atom. The molecular formula is C23H28O8P+. The zero-order chi connectivity index (χ0) is 23.2. The van der Waals surface area contributed by atoms with Crippen LogP contribution >= 0.6 is 7.72 Å². The van der Waals surface area contributed by atoms with Crippen molar-refractivity contribution in [3.05, 3.63) is 48.5 Å². The maximum absolute atomic E-state index is 13.1. The second kappa shape index (κ2) is 10.4. The zero-order valence-electron chi connectivity index (χ0n) is 17.9. The zero-order valence-corrected chi connectivity index (χ0v) is 18.8. The topological polar surface area (TPSA) is 123 Å². The molecule has 1 heterocycles. The molecule has 0 amide bonds. The lowest BCUT2D eigenvalue weighted by atomic mass is 9.85. The van der Waals surface area contributed by atoms with Gasteiger partial charge in [0.05, 0.1) is 13.2 Å². The van der Waals surface area contributed by atoms with Crippen molar-refractivity contribution >= 4 is 25.0 Å². The average Bonchev–Trinajstić information content (AvgIpc) is 2.80. The molecule has 8 nitrogen and oxygen atoms in total. The van der Waals surface area contributed by atoms with E-state index in [9.17, 15) is 14.5 Å². The van der Waals surface area contributed by atoms with Gasteiger partial charge in [-0.15, -0.1) is 0 Å². The van der Waals surface area contributed by atoms with Gasteiger partial charge < -0.3 is 24.2 Å². The molecule has 172 valence electrons. The Labute approximate surface area is 187 Å². The fourth-order valence-electron chi connectivity index (χ4n) is 3.95. The second-order valence-electron chi connectivity index (χ2n) is 7.52. The van der Waals surface area contributed by atoms with Crippen LogP contribution in [-0.4, -0.2) is 59.6 Å². The van der Waals surface area contributed by atoms with Gasteiger partial charge in [-0.25, -0.2) is 4.89 Å². The Bertz CT molecular complexity index is 943. The maximum Gasteiger partial charge on any atom is 0.351 e. The molecule has 0 saturated heterocycles. The minimum Gasteiger partial charge on any atom is -0.462 e. The van der Waals surface area contributed by atoms with Gasteiger partial charge in [0.1, 0.15) is 13.2 Å². The SMILES string of the molecule is CCCC(C[P+]1(O)Oc2ccccc2-c2ccccc21)(C(=O)OCCO)C(=O)OCCO. The summed E-state index contributed by atoms with van der Waals surface area (Å²) in [6, 6.07) is 14.4. The molecule has 3 rings (SSSR count). The fourth-order valence-corrected chi connectivity index (χ4v) is 6.80. The summed E-state index contributed by atoms with van der Waals surface area (Å²) in [5, 5.41) is 18.7. The molecule has 0 spiro atoms. The van der Waals surface area contributed by atoms with Crippen molar-refractivity contribution < 1.29 is 38.7 Å². The normalized spacial score (nSPS) is 17.0. The molecule has 0 saturated carbocycles. The third-order valence-corrected chi connectivity index (χ3v) is 7.91. The fraction of sp³-hybridized carbons (Fsp3) is 0.391. The van der Waals surface area contributed by atoms with E-state index in [1.54, 1.807) is 31.2 Å². The number of aliphatic hydroxyl groups excluding tert-OH is 2. The molecule has 0 bridgehead atoms. The van der Waals surface area contributed by atoms with E-state index < -0.39 is 38.3 Å². The number of esters is 2. The molecule has 0 aliphatic carbocycles. The summed E-state index contributed by atoms with van der Waals surface area (Å²) in [6.07, 6.45) is 0.103. The number of rotatable bonds is 10. The lowest BCUT2D eigenvalue weighted by molar-refractivity contribution is -0.172. The highest BCUT2D eigenvalue weighted by atomic mass is 31.2. The number of benzene rings is 2. The van der Waals surface area contributed by atoms with Crippen LogP contribution in [0.4, 0.5) is 0 Å². The number of aliphatic hydroxyl groups is 2. The highest BCUT2D eigenvalue weighted by Crippen LogP contribution is 2.63. The molecule has 1 atom stereocenters. The summed E-state index contributed by atoms with van der Waals surface area (Å²) in [7, 11) is -3.54. The minimum absolute atomic E-state index is 0.0387. The van der Waals surface area contributed by atoms with Crippen molar-refractivity contribution in [1.82, 2.24) is 0 Å². The lowest BCUT2D eigenvalue weighted by Crippen LogP contribution is -2.48. The Morgan fingerprint density at radius 3 is 2.09 bits per heavy atom. The third kappa shape index (κ3) is 4.64. The van der Waals surface area contributed by atoms with Crippen LogP contribution in [0.1, 0.15) is 19.8 Å². The molecular weight excluding hydrogens is 435 g/mol. The van der Waals surface area contributed by atoms with Gasteiger partial charge in [-0.3, -0.25) is 9.59 Å². The first kappa shape index (κ1) is 24.1. The standard InChI is InChI=1S/C23H28O8P/c1-2-11-23(21(26)29-14-12-24,22(27)30-15-13-25)16-32(28)20-10-6-4-8-18(20)17-7-3-5-9-19(17)31-32/h3-10,24-25,28H,2,11-16H2,1H3/q+1. The van der Waals surface area contributed by atoms with Gasteiger partial charge in [0.15, 0.2) is 17.2 Å². The summed E-state index contributed by atoms with van der Waals surface area (Å²) in [5.41, 5.74) is -0.288. The van der Waals surface area contributed by atoms with Gasteiger partial charge in [-0.05, 0) is 18.6 Å². The van der Waals surface area contributed by atoms with E-state index >= 15 is 0 Å². The number of ether oxygens (including phenoxy) is 2. The first-order chi connectivity index (χ1) is 15.4. The smallest absolute Gasteiger partial charge is 0.351 e. The van der Waals surface area contributed by atoms with E-state index in [1.807, 2.05) is 24.3 Å². The van der Waals surface area contributed by atoms with Crippen molar-refractivity contribution in [2.75, 3.05) is 32.6 Å². The van der Waals surface area contributed by atoms with Crippen LogP contribution in [0.3, 0.4) is 0 Å². The molecule has 3 N–H and O–H groups in total. The first-order valence-corrected chi connectivity index (χ1v) is 12.3. The molecule has 1 unspecified atom stereocenters. The van der Waals surface area contributed by atoms with Crippen molar-refractivity contribution in [1.29, 1.82) is 0 Å². The van der Waals surface area contributed by atoms with Crippen LogP contribution in [0.25, 0.3) is 11.1 Å². The Balaban J connectivity index is 2.10. The molecule has 2 aromatic carbocycles. The van der Waals surface area contributed by atoms with E-state index in [-0.39, 0.29) is 25.8 Å². The number of para-hydroxylation sites is 1. The Kier molecular flexibility index (Phi) is 7.85. The Hall–Kier alpha value is -2.51. The van der Waals surface area contributed by atoms with Crippen molar-refractivity contribution in [3.63, 3.8) is 0 Å². The van der Waals surface area contributed by atoms with Crippen molar-refractivity contribution in [2.45, 2.75) is 19.8 Å². The lowest BCUT2D eigenvalue weighted by Gasteiger charge is -2.34. The van der Waals surface area contributed by atoms with E-state index in [0.29, 0.717) is 17.5 Å². The van der Waals surface area contributed by atoms with Crippen LogP contribution in [0.2, 0.25) is 0 Å². The van der Waals surface area contributed by atoms with Crippen LogP contribution < -0.4 is 9.83 Å². The molecule has 1 aliphatic rings. The van der Waals surface area contributed by atoms with E-state index in [2.05, 4.69) is 0 Å². The minimum atomic E-state index is -3.54. The molecule has 32 heavy (non-hydrogen) atoms. The summed E-state index contributed by atoms with van der Waals surface area (Å²) in [6.45, 7) is 0.377. The maximum atomic E-state index is 13.1. The summed E-state index contributed by atoms with van der Waals surface area (Å²) >= 11 is 0. The number of hydrogen-bond acceptors (Lipinski definition) is 8. The third-order valence-electron chi connectivity index (χ3n) is 5.30. The van der Waals surface area contributed by atoms with Crippen molar-refractivity contribution in [2.24, 2.45) is 5.41 Å². The van der Waals surface area contributed by atoms with Gasteiger partial charge in [-0.2, -0.15) is 0 Å². The quantitative estimate of drug-likeness (QED) is 0.278. The van der Waals surface area contributed by atoms with E-state index in [1.165, 1.54) is 0 Å². The number of carbonyl (C=O) groups is 2. The number of hydrogen-bond donors (Lipinski definition) is 3. The van der Waals surface area contributed by atoms with E-state index in [0.717, 1.165) is 11.1 Å². The summed E-state index contributed by atoms with van der Waals surface area (Å²) in [4.78, 5) is 38.1. The predicted octanol–water partition coefficient (Wildman–Crippen LogP) is 2.07. The van der Waals surface area contributed by atoms with Gasteiger partial charge in [0.2, 0.25) is 5.41 Å². The summed E-state index contributed by atoms with van der Waals surface area (Å²) < 4.78 is 16.4. The molecule has 0 radical (unpaired) electrons. The molecule has 2 aromatic rings. The predicted molar refractivity (Wildman–Crippen MR) is 120 cm³/mol. The van der Waals surface area contributed by atoms with Gasteiger partial charge in [-0.1, -0.05) is 49.7 Å². The monoisotopic (exact) mass is 463 g/mol. The molecule has 0 aromatic heterocycles. The van der Waals surface area contributed by atoms with Crippen molar-refractivity contribution in [3.8, 4) is 16.9 Å². The molecule has 9 heteroatoms. The molecule has 1 aliphatic heterocycles. The van der Waals surface area contributed by atoms with Crippen LogP contribution in [0.15, 0.2) is 48.5 Å². The highest BCUT2D eigenvalue weighted by molar-refractivity contribution is 7.74. The van der Waals surface area contributed by atoms with Gasteiger partial charge in [0, 0.05) is 11.1 Å². The highest BCUT2D eigenvalue weighted by Gasteiger charge is 2.62. The largest absolute Gasteiger partial charge is 0.462 e. The van der Waals surface area contributed by atoms with Gasteiger partial charge >= 0.3 is 19.7 Å². The van der Waals surface area contributed by atoms with E-state index in [4.69, 9.17) is 24.2 Å². The average molecular weight is 463 g/mol.